The van der Waals surface area contributed by atoms with E-state index in [-0.39, 0.29) is 18.1 Å². The van der Waals surface area contributed by atoms with Crippen LogP contribution in [0.3, 0.4) is 0 Å². The van der Waals surface area contributed by atoms with Crippen LogP contribution in [-0.2, 0) is 6.54 Å². The van der Waals surface area contributed by atoms with E-state index in [0.717, 1.165) is 12.0 Å². The lowest BCUT2D eigenvalue weighted by Gasteiger charge is -2.18. The molecule has 8 heteroatoms. The Morgan fingerprint density at radius 1 is 1.07 bits per heavy atom. The van der Waals surface area contributed by atoms with Gasteiger partial charge in [-0.2, -0.15) is 0 Å². The summed E-state index contributed by atoms with van der Waals surface area (Å²) in [4.78, 5) is 14.6. The van der Waals surface area contributed by atoms with Gasteiger partial charge in [0.05, 0.1) is 17.1 Å². The third kappa shape index (κ3) is 4.26. The van der Waals surface area contributed by atoms with Gasteiger partial charge < -0.3 is 13.8 Å². The SMILES string of the molecule is CCCN(Cc1nnc(-c2ccccc2Cl)o1)C(=O)c1cc(-c2ccccc2)on1. The summed E-state index contributed by atoms with van der Waals surface area (Å²) in [6, 6.07) is 18.4. The summed E-state index contributed by atoms with van der Waals surface area (Å²) in [5, 5.41) is 12.6. The Morgan fingerprint density at radius 2 is 1.83 bits per heavy atom. The van der Waals surface area contributed by atoms with Crippen LogP contribution < -0.4 is 0 Å². The second-order valence-corrected chi connectivity index (χ2v) is 7.06. The highest BCUT2D eigenvalue weighted by atomic mass is 35.5. The second kappa shape index (κ2) is 8.92. The maximum absolute atomic E-state index is 13.0. The Hall–Kier alpha value is -3.45. The normalized spacial score (nSPS) is 10.9. The minimum Gasteiger partial charge on any atom is -0.419 e. The fourth-order valence-electron chi connectivity index (χ4n) is 3.02. The Labute approximate surface area is 178 Å². The molecule has 0 aliphatic carbocycles. The highest BCUT2D eigenvalue weighted by Crippen LogP contribution is 2.27. The maximum atomic E-state index is 13.0. The lowest BCUT2D eigenvalue weighted by molar-refractivity contribution is 0.0718. The van der Waals surface area contributed by atoms with Crippen LogP contribution in [0.2, 0.25) is 5.02 Å². The molecule has 2 aromatic carbocycles. The number of amides is 1. The van der Waals surface area contributed by atoms with Gasteiger partial charge in [-0.3, -0.25) is 4.79 Å². The molecule has 0 saturated carbocycles. The van der Waals surface area contributed by atoms with E-state index in [9.17, 15) is 4.79 Å². The summed E-state index contributed by atoms with van der Waals surface area (Å²) in [7, 11) is 0. The molecule has 0 aliphatic rings. The molecule has 4 aromatic rings. The third-order valence-electron chi connectivity index (χ3n) is 4.47. The molecule has 7 nitrogen and oxygen atoms in total. The highest BCUT2D eigenvalue weighted by Gasteiger charge is 2.22. The number of rotatable bonds is 7. The van der Waals surface area contributed by atoms with Gasteiger partial charge in [0.2, 0.25) is 11.8 Å². The van der Waals surface area contributed by atoms with Crippen LogP contribution >= 0.6 is 11.6 Å². The van der Waals surface area contributed by atoms with Crippen molar-refractivity contribution in [3.8, 4) is 22.8 Å². The van der Waals surface area contributed by atoms with E-state index < -0.39 is 0 Å². The van der Waals surface area contributed by atoms with Gasteiger partial charge in [0.1, 0.15) is 0 Å². The van der Waals surface area contributed by atoms with Crippen LogP contribution in [0.4, 0.5) is 0 Å². The molecule has 152 valence electrons. The van der Waals surface area contributed by atoms with Gasteiger partial charge in [0.25, 0.3) is 5.91 Å². The van der Waals surface area contributed by atoms with Crippen molar-refractivity contribution in [3.63, 3.8) is 0 Å². The molecule has 0 bridgehead atoms. The van der Waals surface area contributed by atoms with E-state index >= 15 is 0 Å². The number of aromatic nitrogens is 3. The second-order valence-electron chi connectivity index (χ2n) is 6.65. The first-order valence-corrected chi connectivity index (χ1v) is 9.92. The number of benzene rings is 2. The summed E-state index contributed by atoms with van der Waals surface area (Å²) in [5.74, 6) is 0.903. The molecule has 0 saturated heterocycles. The highest BCUT2D eigenvalue weighted by molar-refractivity contribution is 6.33. The largest absolute Gasteiger partial charge is 0.419 e. The number of hydrogen-bond acceptors (Lipinski definition) is 6. The summed E-state index contributed by atoms with van der Waals surface area (Å²) < 4.78 is 11.1. The van der Waals surface area contributed by atoms with Crippen LogP contribution in [0.15, 0.2) is 69.6 Å². The fourth-order valence-corrected chi connectivity index (χ4v) is 3.24. The predicted molar refractivity (Wildman–Crippen MR) is 112 cm³/mol. The Balaban J connectivity index is 1.53. The molecule has 0 fully saturated rings. The number of hydrogen-bond donors (Lipinski definition) is 0. The molecular weight excluding hydrogens is 404 g/mol. The number of carbonyl (C=O) groups is 1. The molecule has 0 aliphatic heterocycles. The average molecular weight is 423 g/mol. The molecule has 0 N–H and O–H groups in total. The van der Waals surface area contributed by atoms with E-state index in [1.165, 1.54) is 0 Å². The Kier molecular flexibility index (Phi) is 5.90. The molecule has 2 heterocycles. The quantitative estimate of drug-likeness (QED) is 0.412. The van der Waals surface area contributed by atoms with Crippen LogP contribution in [-0.4, -0.2) is 32.7 Å². The van der Waals surface area contributed by atoms with Gasteiger partial charge in [-0.05, 0) is 18.6 Å². The first-order chi connectivity index (χ1) is 14.7. The van der Waals surface area contributed by atoms with E-state index in [1.54, 1.807) is 23.1 Å². The summed E-state index contributed by atoms with van der Waals surface area (Å²) in [5.41, 5.74) is 1.73. The van der Waals surface area contributed by atoms with Crippen LogP contribution in [0.5, 0.6) is 0 Å². The summed E-state index contributed by atoms with van der Waals surface area (Å²) in [6.45, 7) is 2.66. The van der Waals surface area contributed by atoms with Gasteiger partial charge in [0, 0.05) is 18.2 Å². The standard InChI is InChI=1S/C22H19ClN4O3/c1-2-12-27(14-20-24-25-21(29-20)16-10-6-7-11-17(16)23)22(28)18-13-19(30-26-18)15-8-4-3-5-9-15/h3-11,13H,2,12,14H2,1H3. The zero-order chi connectivity index (χ0) is 20.9. The fraction of sp³-hybridized carbons (Fsp3) is 0.182. The van der Waals surface area contributed by atoms with Crippen LogP contribution in [0.1, 0.15) is 29.7 Å². The van der Waals surface area contributed by atoms with Crippen molar-refractivity contribution in [2.45, 2.75) is 19.9 Å². The number of carbonyl (C=O) groups excluding carboxylic acids is 1. The Bertz CT molecular complexity index is 1140. The molecule has 2 aromatic heterocycles. The predicted octanol–water partition coefficient (Wildman–Crippen LogP) is 5.10. The van der Waals surface area contributed by atoms with E-state index in [2.05, 4.69) is 15.4 Å². The zero-order valence-electron chi connectivity index (χ0n) is 16.3. The summed E-state index contributed by atoms with van der Waals surface area (Å²) >= 11 is 6.20. The van der Waals surface area contributed by atoms with E-state index in [1.807, 2.05) is 49.4 Å². The summed E-state index contributed by atoms with van der Waals surface area (Å²) in [6.07, 6.45) is 0.765. The smallest absolute Gasteiger partial charge is 0.276 e. The van der Waals surface area contributed by atoms with E-state index in [4.69, 9.17) is 20.5 Å². The van der Waals surface area contributed by atoms with Crippen molar-refractivity contribution in [1.29, 1.82) is 0 Å². The van der Waals surface area contributed by atoms with Crippen molar-refractivity contribution in [2.75, 3.05) is 6.54 Å². The molecule has 30 heavy (non-hydrogen) atoms. The Morgan fingerprint density at radius 3 is 2.60 bits per heavy atom. The number of halogens is 1. The average Bonchev–Trinajstić information content (AvgIpc) is 3.44. The minimum absolute atomic E-state index is 0.164. The zero-order valence-corrected chi connectivity index (χ0v) is 17.0. The van der Waals surface area contributed by atoms with E-state index in [0.29, 0.717) is 34.7 Å². The van der Waals surface area contributed by atoms with Crippen molar-refractivity contribution < 1.29 is 13.7 Å². The first-order valence-electron chi connectivity index (χ1n) is 9.54. The van der Waals surface area contributed by atoms with Crippen molar-refractivity contribution >= 4 is 17.5 Å². The van der Waals surface area contributed by atoms with Crippen molar-refractivity contribution in [3.05, 3.63) is 77.3 Å². The lowest BCUT2D eigenvalue weighted by Crippen LogP contribution is -2.31. The molecular formula is C22H19ClN4O3. The van der Waals surface area contributed by atoms with Crippen LogP contribution in [0, 0.1) is 0 Å². The maximum Gasteiger partial charge on any atom is 0.276 e. The van der Waals surface area contributed by atoms with Crippen molar-refractivity contribution in [1.82, 2.24) is 20.3 Å². The lowest BCUT2D eigenvalue weighted by atomic mass is 10.1. The van der Waals surface area contributed by atoms with Gasteiger partial charge in [-0.15, -0.1) is 10.2 Å². The van der Waals surface area contributed by atoms with Gasteiger partial charge in [-0.25, -0.2) is 0 Å². The van der Waals surface area contributed by atoms with Crippen molar-refractivity contribution in [2.24, 2.45) is 0 Å². The molecule has 0 radical (unpaired) electrons. The molecule has 0 spiro atoms. The molecule has 0 unspecified atom stereocenters. The first kappa shape index (κ1) is 19.8. The third-order valence-corrected chi connectivity index (χ3v) is 4.80. The van der Waals surface area contributed by atoms with Gasteiger partial charge >= 0.3 is 0 Å². The number of nitrogens with zero attached hydrogens (tertiary/aromatic N) is 4. The van der Waals surface area contributed by atoms with Gasteiger partial charge in [-0.1, -0.05) is 66.1 Å². The minimum atomic E-state index is -0.264. The molecule has 4 rings (SSSR count). The van der Waals surface area contributed by atoms with Gasteiger partial charge in [0.15, 0.2) is 11.5 Å². The topological polar surface area (TPSA) is 85.3 Å². The monoisotopic (exact) mass is 422 g/mol. The molecule has 0 atom stereocenters. The molecule has 1 amide bonds. The van der Waals surface area contributed by atoms with Crippen LogP contribution in [0.25, 0.3) is 22.8 Å².